The summed E-state index contributed by atoms with van der Waals surface area (Å²) >= 11 is 0. The number of aromatic nitrogens is 1. The molecule has 3 N–H and O–H groups in total. The number of piperidine rings is 1. The summed E-state index contributed by atoms with van der Waals surface area (Å²) in [4.78, 5) is 15.3. The Morgan fingerprint density at radius 2 is 1.77 bits per heavy atom. The molecule has 0 aliphatic carbocycles. The van der Waals surface area contributed by atoms with E-state index < -0.39 is 11.7 Å². The average molecular weight is 367 g/mol. The number of hydrogen-bond acceptors (Lipinski definition) is 2. The Balaban J connectivity index is 1.85. The van der Waals surface area contributed by atoms with Crippen molar-refractivity contribution in [3.8, 4) is 0 Å². The van der Waals surface area contributed by atoms with Crippen molar-refractivity contribution in [2.24, 2.45) is 0 Å². The molecule has 0 saturated carbocycles. The van der Waals surface area contributed by atoms with Crippen molar-refractivity contribution in [3.63, 3.8) is 0 Å². The molecule has 0 spiro atoms. The predicted octanol–water partition coefficient (Wildman–Crippen LogP) is 4.23. The van der Waals surface area contributed by atoms with E-state index in [0.29, 0.717) is 5.39 Å². The largest absolute Gasteiger partial charge is 0.418 e. The van der Waals surface area contributed by atoms with Crippen LogP contribution < -0.4 is 10.6 Å². The van der Waals surface area contributed by atoms with Crippen molar-refractivity contribution >= 4 is 16.8 Å². The molecule has 2 heterocycles. The minimum atomic E-state index is -4.47. The van der Waals surface area contributed by atoms with Crippen molar-refractivity contribution in [1.82, 2.24) is 15.6 Å². The first kappa shape index (κ1) is 18.8. The van der Waals surface area contributed by atoms with Crippen LogP contribution in [-0.4, -0.2) is 28.0 Å². The highest BCUT2D eigenvalue weighted by atomic mass is 19.4. The number of hydrogen-bond donors (Lipinski definition) is 3. The van der Waals surface area contributed by atoms with Crippen molar-refractivity contribution in [2.45, 2.75) is 63.8 Å². The van der Waals surface area contributed by atoms with E-state index in [4.69, 9.17) is 0 Å². The molecule has 0 radical (unpaired) electrons. The molecule has 1 amide bonds. The molecule has 1 saturated heterocycles. The summed E-state index contributed by atoms with van der Waals surface area (Å²) < 4.78 is 39.4. The number of rotatable bonds is 2. The highest BCUT2D eigenvalue weighted by Crippen LogP contribution is 2.34. The van der Waals surface area contributed by atoms with Crippen molar-refractivity contribution in [2.75, 3.05) is 0 Å². The lowest BCUT2D eigenvalue weighted by molar-refractivity contribution is -0.136. The lowest BCUT2D eigenvalue weighted by Gasteiger charge is -2.46. The van der Waals surface area contributed by atoms with Crippen molar-refractivity contribution in [1.29, 1.82) is 0 Å². The monoisotopic (exact) mass is 367 g/mol. The molecule has 2 aromatic rings. The number of fused-ring (bicyclic) bond motifs is 1. The number of benzene rings is 1. The fraction of sp³-hybridized carbons (Fsp3) is 0.526. The summed E-state index contributed by atoms with van der Waals surface area (Å²) in [6.07, 6.45) is -2.98. The molecule has 1 fully saturated rings. The van der Waals surface area contributed by atoms with Gasteiger partial charge in [-0.3, -0.25) is 4.79 Å². The molecule has 0 bridgehead atoms. The van der Waals surface area contributed by atoms with Gasteiger partial charge in [0.1, 0.15) is 5.69 Å². The second-order valence-electron chi connectivity index (χ2n) is 8.42. The van der Waals surface area contributed by atoms with Gasteiger partial charge in [0.15, 0.2) is 0 Å². The van der Waals surface area contributed by atoms with Crippen LogP contribution in [-0.2, 0) is 6.18 Å². The Hall–Kier alpha value is -2.02. The van der Waals surface area contributed by atoms with Gasteiger partial charge < -0.3 is 15.6 Å². The quantitative estimate of drug-likeness (QED) is 0.744. The van der Waals surface area contributed by atoms with Gasteiger partial charge in [0, 0.05) is 22.5 Å². The molecule has 1 aromatic heterocycles. The number of amides is 1. The molecule has 4 nitrogen and oxygen atoms in total. The van der Waals surface area contributed by atoms with Gasteiger partial charge in [0.2, 0.25) is 0 Å². The number of carbonyl (C=O) groups excluding carboxylic acids is 1. The number of carbonyl (C=O) groups is 1. The van der Waals surface area contributed by atoms with Gasteiger partial charge in [-0.1, -0.05) is 12.1 Å². The topological polar surface area (TPSA) is 56.9 Å². The zero-order valence-corrected chi connectivity index (χ0v) is 15.3. The summed E-state index contributed by atoms with van der Waals surface area (Å²) in [5.74, 6) is -0.382. The van der Waals surface area contributed by atoms with E-state index in [1.807, 2.05) is 0 Å². The van der Waals surface area contributed by atoms with Crippen LogP contribution in [0.15, 0.2) is 24.3 Å². The molecule has 3 rings (SSSR count). The molecular formula is C19H24F3N3O. The maximum atomic E-state index is 13.1. The van der Waals surface area contributed by atoms with Gasteiger partial charge in [-0.25, -0.2) is 0 Å². The molecule has 142 valence electrons. The maximum Gasteiger partial charge on any atom is 0.418 e. The fourth-order valence-electron chi connectivity index (χ4n) is 4.20. The Labute approximate surface area is 150 Å². The first-order valence-corrected chi connectivity index (χ1v) is 8.65. The van der Waals surface area contributed by atoms with Gasteiger partial charge in [-0.15, -0.1) is 0 Å². The van der Waals surface area contributed by atoms with Crippen LogP contribution in [0.4, 0.5) is 13.2 Å². The maximum absolute atomic E-state index is 13.1. The molecule has 1 aliphatic heterocycles. The van der Waals surface area contributed by atoms with Gasteiger partial charge in [0.05, 0.1) is 11.1 Å². The minimum Gasteiger partial charge on any atom is -0.350 e. The third-order valence-electron chi connectivity index (χ3n) is 4.73. The Morgan fingerprint density at radius 1 is 1.15 bits per heavy atom. The fourth-order valence-corrected chi connectivity index (χ4v) is 4.20. The molecule has 26 heavy (non-hydrogen) atoms. The van der Waals surface area contributed by atoms with Crippen molar-refractivity contribution < 1.29 is 18.0 Å². The number of halogens is 3. The zero-order valence-electron chi connectivity index (χ0n) is 15.3. The summed E-state index contributed by atoms with van der Waals surface area (Å²) in [6.45, 7) is 8.30. The first-order chi connectivity index (χ1) is 11.9. The van der Waals surface area contributed by atoms with Crippen LogP contribution in [0.1, 0.15) is 56.6 Å². The molecule has 0 unspecified atom stereocenters. The molecule has 1 aliphatic rings. The van der Waals surface area contributed by atoms with Crippen LogP contribution in [0.2, 0.25) is 0 Å². The third kappa shape index (κ3) is 3.87. The molecule has 7 heteroatoms. The van der Waals surface area contributed by atoms with Crippen LogP contribution in [0.25, 0.3) is 10.9 Å². The molecular weight excluding hydrogens is 343 g/mol. The summed E-state index contributed by atoms with van der Waals surface area (Å²) in [6, 6.07) is 5.34. The standard InChI is InChI=1S/C19H24F3N3O/c1-17(2)9-12(10-18(3,4)25-17)23-16(26)14-8-11-6-5-7-13(15(11)24-14)19(20,21)22/h5-8,12,24-25H,9-10H2,1-4H3,(H,23,26). The Kier molecular flexibility index (Phi) is 4.34. The summed E-state index contributed by atoms with van der Waals surface area (Å²) in [5, 5.41) is 6.88. The van der Waals surface area contributed by atoms with Crippen LogP contribution >= 0.6 is 0 Å². The zero-order chi connectivity index (χ0) is 19.3. The van der Waals surface area contributed by atoms with Crippen molar-refractivity contribution in [3.05, 3.63) is 35.5 Å². The van der Waals surface area contributed by atoms with E-state index >= 15 is 0 Å². The van der Waals surface area contributed by atoms with Crippen LogP contribution in [0, 0.1) is 0 Å². The van der Waals surface area contributed by atoms with Gasteiger partial charge in [-0.2, -0.15) is 13.2 Å². The number of aromatic amines is 1. The van der Waals surface area contributed by atoms with Crippen LogP contribution in [0.3, 0.4) is 0 Å². The van der Waals surface area contributed by atoms with Gasteiger partial charge in [0.25, 0.3) is 5.91 Å². The van der Waals surface area contributed by atoms with E-state index in [2.05, 4.69) is 43.3 Å². The normalized spacial score (nSPS) is 20.3. The number of alkyl halides is 3. The van der Waals surface area contributed by atoms with E-state index in [1.165, 1.54) is 12.1 Å². The number of H-pyrrole nitrogens is 1. The van der Waals surface area contributed by atoms with Gasteiger partial charge in [-0.05, 0) is 52.7 Å². The Bertz CT molecular complexity index is 820. The predicted molar refractivity (Wildman–Crippen MR) is 95.1 cm³/mol. The second kappa shape index (κ2) is 6.01. The third-order valence-corrected chi connectivity index (χ3v) is 4.73. The molecule has 0 atom stereocenters. The van der Waals surface area contributed by atoms with E-state index in [9.17, 15) is 18.0 Å². The molecule has 1 aromatic carbocycles. The van der Waals surface area contributed by atoms with E-state index in [0.717, 1.165) is 18.9 Å². The van der Waals surface area contributed by atoms with Gasteiger partial charge >= 0.3 is 6.18 Å². The van der Waals surface area contributed by atoms with E-state index in [-0.39, 0.29) is 34.2 Å². The van der Waals surface area contributed by atoms with E-state index in [1.54, 1.807) is 6.07 Å². The van der Waals surface area contributed by atoms with Crippen LogP contribution in [0.5, 0.6) is 0 Å². The highest BCUT2D eigenvalue weighted by Gasteiger charge is 2.38. The Morgan fingerprint density at radius 3 is 2.35 bits per heavy atom. The average Bonchev–Trinajstić information content (AvgIpc) is 2.86. The summed E-state index contributed by atoms with van der Waals surface area (Å²) in [7, 11) is 0. The first-order valence-electron chi connectivity index (χ1n) is 8.65. The smallest absolute Gasteiger partial charge is 0.350 e. The lowest BCUT2D eigenvalue weighted by Crippen LogP contribution is -2.62. The highest BCUT2D eigenvalue weighted by molar-refractivity contribution is 5.99. The summed E-state index contributed by atoms with van der Waals surface area (Å²) in [5.41, 5.74) is -0.951. The number of nitrogens with one attached hydrogen (secondary N) is 3. The second-order valence-corrected chi connectivity index (χ2v) is 8.42. The SMILES string of the molecule is CC1(C)CC(NC(=O)c2cc3cccc(C(F)(F)F)c3[nH]2)CC(C)(C)N1. The minimum absolute atomic E-state index is 0.0535. The number of para-hydroxylation sites is 1. The lowest BCUT2D eigenvalue weighted by atomic mass is 9.79.